The third-order valence-corrected chi connectivity index (χ3v) is 5.28. The van der Waals surface area contributed by atoms with E-state index in [1.807, 2.05) is 30.3 Å². The van der Waals surface area contributed by atoms with E-state index < -0.39 is 21.6 Å². The van der Waals surface area contributed by atoms with Gasteiger partial charge in [-0.3, -0.25) is 4.79 Å². The van der Waals surface area contributed by atoms with Crippen LogP contribution in [0.4, 0.5) is 5.69 Å². The van der Waals surface area contributed by atoms with Crippen molar-refractivity contribution in [2.75, 3.05) is 5.32 Å². The van der Waals surface area contributed by atoms with Crippen LogP contribution in [0.1, 0.15) is 26.3 Å². The van der Waals surface area contributed by atoms with Gasteiger partial charge >= 0.3 is 0 Å². The summed E-state index contributed by atoms with van der Waals surface area (Å²) < 4.78 is 27.1. The zero-order valence-electron chi connectivity index (χ0n) is 15.6. The molecule has 6 nitrogen and oxygen atoms in total. The van der Waals surface area contributed by atoms with Gasteiger partial charge in [-0.2, -0.15) is 0 Å². The van der Waals surface area contributed by atoms with E-state index in [9.17, 15) is 13.2 Å². The lowest BCUT2D eigenvalue weighted by atomic mass is 10.1. The predicted molar refractivity (Wildman–Crippen MR) is 111 cm³/mol. The van der Waals surface area contributed by atoms with Crippen molar-refractivity contribution >= 4 is 34.0 Å². The largest absolute Gasteiger partial charge is 0.325 e. The van der Waals surface area contributed by atoms with Gasteiger partial charge in [-0.25, -0.2) is 13.1 Å². The van der Waals surface area contributed by atoms with Crippen molar-refractivity contribution in [3.63, 3.8) is 0 Å². The van der Waals surface area contributed by atoms with Gasteiger partial charge in [-0.15, -0.1) is 12.4 Å². The maximum Gasteiger partial charge on any atom is 0.241 e. The molecule has 0 aliphatic heterocycles. The number of nitrogens with two attached hydrogens (primary N) is 1. The molecule has 0 heterocycles. The number of carbonyl (C=O) groups is 1. The maximum atomic E-state index is 12.3. The summed E-state index contributed by atoms with van der Waals surface area (Å²) >= 11 is 0. The normalized spacial score (nSPS) is 12.7. The van der Waals surface area contributed by atoms with E-state index in [4.69, 9.17) is 5.73 Å². The fourth-order valence-corrected chi connectivity index (χ4v) is 3.79. The highest BCUT2D eigenvalue weighted by atomic mass is 35.5. The number of benzene rings is 2. The van der Waals surface area contributed by atoms with Crippen molar-refractivity contribution in [1.29, 1.82) is 0 Å². The molecule has 0 unspecified atom stereocenters. The molecule has 0 radical (unpaired) electrons. The molecule has 2 rings (SSSR count). The van der Waals surface area contributed by atoms with Crippen LogP contribution >= 0.6 is 12.4 Å². The molecule has 0 aromatic heterocycles. The van der Waals surface area contributed by atoms with E-state index in [0.29, 0.717) is 12.1 Å². The second-order valence-corrected chi connectivity index (χ2v) is 8.85. The fourth-order valence-electron chi connectivity index (χ4n) is 2.38. The third kappa shape index (κ3) is 7.30. The molecule has 4 N–H and O–H groups in total. The standard InChI is InChI=1S/C19H25N3O3S.ClH/c1-19(2,3)22-26(24,25)16-11-9-15(10-12-16)21-18(23)17(20)13-14-7-5-4-6-8-14;/h4-12,17,22H,13,20H2,1-3H3,(H,21,23);1H/t17-;/m0./s1. The van der Waals surface area contributed by atoms with E-state index in [2.05, 4.69) is 10.0 Å². The molecule has 0 aliphatic rings. The van der Waals surface area contributed by atoms with Crippen molar-refractivity contribution < 1.29 is 13.2 Å². The smallest absolute Gasteiger partial charge is 0.241 e. The van der Waals surface area contributed by atoms with Gasteiger partial charge in [0.1, 0.15) is 0 Å². The summed E-state index contributed by atoms with van der Waals surface area (Å²) in [5.41, 5.74) is 6.84. The number of halogens is 1. The maximum absolute atomic E-state index is 12.3. The Morgan fingerprint density at radius 3 is 2.11 bits per heavy atom. The van der Waals surface area contributed by atoms with Gasteiger partial charge in [-0.05, 0) is 57.0 Å². The summed E-state index contributed by atoms with van der Waals surface area (Å²) in [5, 5.41) is 2.71. The predicted octanol–water partition coefficient (Wildman–Crippen LogP) is 2.69. The Morgan fingerprint density at radius 1 is 1.04 bits per heavy atom. The van der Waals surface area contributed by atoms with E-state index in [1.54, 1.807) is 32.9 Å². The summed E-state index contributed by atoms with van der Waals surface area (Å²) in [4.78, 5) is 12.4. The molecule has 0 bridgehead atoms. The zero-order valence-corrected chi connectivity index (χ0v) is 17.2. The molecule has 2 aromatic carbocycles. The first-order valence-electron chi connectivity index (χ1n) is 8.31. The first-order chi connectivity index (χ1) is 12.1. The Balaban J connectivity index is 0.00000364. The minimum atomic E-state index is -3.61. The van der Waals surface area contributed by atoms with Gasteiger partial charge in [-0.1, -0.05) is 30.3 Å². The summed E-state index contributed by atoms with van der Waals surface area (Å²) in [6.45, 7) is 5.31. The van der Waals surface area contributed by atoms with Gasteiger partial charge in [0.2, 0.25) is 15.9 Å². The van der Waals surface area contributed by atoms with Gasteiger partial charge in [0, 0.05) is 11.2 Å². The molecule has 0 spiro atoms. The third-order valence-electron chi connectivity index (χ3n) is 3.51. The molecule has 2 aromatic rings. The number of sulfonamides is 1. The number of amides is 1. The highest BCUT2D eigenvalue weighted by Gasteiger charge is 2.22. The molecular formula is C19H26ClN3O3S. The number of hydrogen-bond acceptors (Lipinski definition) is 4. The Bertz CT molecular complexity index is 848. The van der Waals surface area contributed by atoms with Crippen LogP contribution < -0.4 is 15.8 Å². The molecule has 148 valence electrons. The second-order valence-electron chi connectivity index (χ2n) is 7.17. The number of nitrogens with one attached hydrogen (secondary N) is 2. The van der Waals surface area contributed by atoms with Gasteiger partial charge in [0.25, 0.3) is 0 Å². The molecule has 1 amide bonds. The van der Waals surface area contributed by atoms with Gasteiger partial charge in [0.15, 0.2) is 0 Å². The molecule has 0 saturated carbocycles. The van der Waals surface area contributed by atoms with Crippen molar-refractivity contribution in [2.45, 2.75) is 43.7 Å². The van der Waals surface area contributed by atoms with Crippen LogP contribution in [0, 0.1) is 0 Å². The summed E-state index contributed by atoms with van der Waals surface area (Å²) in [7, 11) is -3.61. The minimum Gasteiger partial charge on any atom is -0.325 e. The number of carbonyl (C=O) groups excluding carboxylic acids is 1. The van der Waals surface area contributed by atoms with E-state index >= 15 is 0 Å². The SMILES string of the molecule is CC(C)(C)NS(=O)(=O)c1ccc(NC(=O)[C@@H](N)Cc2ccccc2)cc1.Cl. The Morgan fingerprint density at radius 2 is 1.59 bits per heavy atom. The Hall–Kier alpha value is -1.93. The van der Waals surface area contributed by atoms with E-state index in [0.717, 1.165) is 5.56 Å². The van der Waals surface area contributed by atoms with Crippen LogP contribution in [0.5, 0.6) is 0 Å². The van der Waals surface area contributed by atoms with Gasteiger partial charge in [0.05, 0.1) is 10.9 Å². The monoisotopic (exact) mass is 411 g/mol. The van der Waals surface area contributed by atoms with Crippen molar-refractivity contribution in [3.05, 3.63) is 60.2 Å². The zero-order chi connectivity index (χ0) is 19.4. The molecule has 0 fully saturated rings. The summed E-state index contributed by atoms with van der Waals surface area (Å²) in [5.74, 6) is -0.322. The van der Waals surface area contributed by atoms with Crippen LogP contribution in [-0.4, -0.2) is 25.9 Å². The molecule has 0 aliphatic carbocycles. The molecule has 0 saturated heterocycles. The first-order valence-corrected chi connectivity index (χ1v) is 9.79. The average Bonchev–Trinajstić information content (AvgIpc) is 2.54. The fraction of sp³-hybridized carbons (Fsp3) is 0.316. The van der Waals surface area contributed by atoms with Crippen LogP contribution in [0.25, 0.3) is 0 Å². The average molecular weight is 412 g/mol. The Labute approximate surface area is 167 Å². The highest BCUT2D eigenvalue weighted by molar-refractivity contribution is 7.89. The van der Waals surface area contributed by atoms with Crippen LogP contribution in [0.15, 0.2) is 59.5 Å². The van der Waals surface area contributed by atoms with Crippen LogP contribution in [0.2, 0.25) is 0 Å². The molecule has 8 heteroatoms. The molecule has 1 atom stereocenters. The second kappa shape index (κ2) is 9.32. The lowest BCUT2D eigenvalue weighted by Crippen LogP contribution is -2.40. The number of anilines is 1. The highest BCUT2D eigenvalue weighted by Crippen LogP contribution is 2.16. The molecule has 27 heavy (non-hydrogen) atoms. The lowest BCUT2D eigenvalue weighted by molar-refractivity contribution is -0.117. The topological polar surface area (TPSA) is 101 Å². The van der Waals surface area contributed by atoms with Crippen molar-refractivity contribution in [3.8, 4) is 0 Å². The van der Waals surface area contributed by atoms with Crippen LogP contribution in [0.3, 0.4) is 0 Å². The van der Waals surface area contributed by atoms with Crippen molar-refractivity contribution in [1.82, 2.24) is 4.72 Å². The number of rotatable bonds is 6. The lowest BCUT2D eigenvalue weighted by Gasteiger charge is -2.20. The van der Waals surface area contributed by atoms with Gasteiger partial charge < -0.3 is 11.1 Å². The minimum absolute atomic E-state index is 0. The molecular weight excluding hydrogens is 386 g/mol. The van der Waals surface area contributed by atoms with Crippen molar-refractivity contribution in [2.24, 2.45) is 5.73 Å². The summed E-state index contributed by atoms with van der Waals surface area (Å²) in [6, 6.07) is 14.8. The van der Waals surface area contributed by atoms with E-state index in [-0.39, 0.29) is 23.2 Å². The van der Waals surface area contributed by atoms with E-state index in [1.165, 1.54) is 12.1 Å². The number of hydrogen-bond donors (Lipinski definition) is 3. The first kappa shape index (κ1) is 23.1. The quantitative estimate of drug-likeness (QED) is 0.680. The van der Waals surface area contributed by atoms with Crippen LogP contribution in [-0.2, 0) is 21.2 Å². The summed E-state index contributed by atoms with van der Waals surface area (Å²) in [6.07, 6.45) is 0.425. The Kier molecular flexibility index (Phi) is 7.98.